The van der Waals surface area contributed by atoms with Crippen molar-refractivity contribution in [2.75, 3.05) is 0 Å². The van der Waals surface area contributed by atoms with Crippen LogP contribution >= 0.6 is 11.6 Å². The lowest BCUT2D eigenvalue weighted by atomic mass is 10.1. The smallest absolute Gasteiger partial charge is 0.335 e. The van der Waals surface area contributed by atoms with E-state index in [0.717, 1.165) is 38.8 Å². The summed E-state index contributed by atoms with van der Waals surface area (Å²) < 4.78 is 0. The Bertz CT molecular complexity index is 1320. The predicted molar refractivity (Wildman–Crippen MR) is 117 cm³/mol. The molecule has 0 spiro atoms. The van der Waals surface area contributed by atoms with Crippen molar-refractivity contribution >= 4 is 39.4 Å². The first-order chi connectivity index (χ1) is 14.5. The number of benzene rings is 2. The van der Waals surface area contributed by atoms with E-state index in [1.165, 1.54) is 0 Å². The number of aromatic carboxylic acids is 1. The first-order valence-corrected chi connectivity index (χ1v) is 9.53. The third-order valence-electron chi connectivity index (χ3n) is 4.62. The van der Waals surface area contributed by atoms with Crippen LogP contribution in [0.2, 0.25) is 5.15 Å². The zero-order valence-electron chi connectivity index (χ0n) is 15.8. The van der Waals surface area contributed by atoms with Crippen LogP contribution in [0.15, 0.2) is 66.9 Å². The number of carboxylic acid groups (broad SMARTS) is 1. The number of fused-ring (bicyclic) bond motifs is 2. The molecule has 0 saturated heterocycles. The maximum Gasteiger partial charge on any atom is 0.335 e. The summed E-state index contributed by atoms with van der Waals surface area (Å²) >= 11 is 5.52. The molecule has 0 fully saturated rings. The van der Waals surface area contributed by atoms with Gasteiger partial charge in [-0.15, -0.1) is 0 Å². The molecular formula is C22H18ClN5O2. The van der Waals surface area contributed by atoms with Gasteiger partial charge in [-0.2, -0.15) is 5.10 Å². The van der Waals surface area contributed by atoms with E-state index in [1.807, 2.05) is 36.4 Å². The lowest BCUT2D eigenvalue weighted by Gasteiger charge is -1.93. The van der Waals surface area contributed by atoms with E-state index >= 15 is 0 Å². The van der Waals surface area contributed by atoms with Gasteiger partial charge in [0, 0.05) is 29.0 Å². The summed E-state index contributed by atoms with van der Waals surface area (Å²) in [6, 6.07) is 18.4. The van der Waals surface area contributed by atoms with Crippen molar-refractivity contribution in [2.24, 2.45) is 5.73 Å². The summed E-state index contributed by atoms with van der Waals surface area (Å²) in [4.78, 5) is 18.1. The number of carbonyl (C=O) groups is 1. The molecule has 0 aliphatic carbocycles. The summed E-state index contributed by atoms with van der Waals surface area (Å²) in [5, 5.41) is 18.8. The fourth-order valence-electron chi connectivity index (χ4n) is 3.09. The number of rotatable bonds is 3. The van der Waals surface area contributed by atoms with E-state index in [1.54, 1.807) is 30.5 Å². The molecule has 3 aromatic heterocycles. The van der Waals surface area contributed by atoms with Crippen molar-refractivity contribution in [2.45, 2.75) is 6.54 Å². The molecule has 150 valence electrons. The maximum absolute atomic E-state index is 11.0. The molecular weight excluding hydrogens is 402 g/mol. The summed E-state index contributed by atoms with van der Waals surface area (Å²) in [5.74, 6) is -0.926. The highest BCUT2D eigenvalue weighted by atomic mass is 35.5. The first-order valence-electron chi connectivity index (χ1n) is 9.15. The molecule has 0 radical (unpaired) electrons. The third-order valence-corrected chi connectivity index (χ3v) is 4.84. The number of hydrogen-bond donors (Lipinski definition) is 4. The number of halogens is 1. The lowest BCUT2D eigenvalue weighted by Crippen LogP contribution is -1.95. The Kier molecular flexibility index (Phi) is 5.47. The highest BCUT2D eigenvalue weighted by Crippen LogP contribution is 2.28. The van der Waals surface area contributed by atoms with Gasteiger partial charge < -0.3 is 15.8 Å². The monoisotopic (exact) mass is 419 g/mol. The molecule has 8 heteroatoms. The third kappa shape index (κ3) is 4.03. The average molecular weight is 420 g/mol. The van der Waals surface area contributed by atoms with E-state index in [2.05, 4.69) is 20.2 Å². The standard InChI is InChI=1S/C16H11N3O2.C6H7ClN2/c20-16(21)9-5-6-12-10(7-9)8-14(17-12)15-11-3-1-2-4-13(11)18-19-15;7-6-2-1-5(3-8)4-9-6/h1-8,17H,(H,18,19)(H,20,21);1-2,4H,3,8H2. The highest BCUT2D eigenvalue weighted by Gasteiger charge is 2.11. The van der Waals surface area contributed by atoms with Gasteiger partial charge >= 0.3 is 5.97 Å². The SMILES string of the molecule is NCc1ccc(Cl)nc1.O=C(O)c1ccc2[nH]c(-c3n[nH]c4ccccc34)cc2c1. The number of nitrogens with zero attached hydrogens (tertiary/aromatic N) is 2. The van der Waals surface area contributed by atoms with Crippen LogP contribution in [0.3, 0.4) is 0 Å². The number of carboxylic acids is 1. The second-order valence-electron chi connectivity index (χ2n) is 6.60. The Hall–Kier alpha value is -3.68. The molecule has 0 aliphatic rings. The van der Waals surface area contributed by atoms with Gasteiger partial charge in [0.05, 0.1) is 16.8 Å². The van der Waals surface area contributed by atoms with Gasteiger partial charge in [-0.1, -0.05) is 35.9 Å². The van der Waals surface area contributed by atoms with Crippen LogP contribution in [-0.4, -0.2) is 31.2 Å². The Morgan fingerprint density at radius 2 is 1.90 bits per heavy atom. The summed E-state index contributed by atoms with van der Waals surface area (Å²) in [6.07, 6.45) is 1.67. The Labute approximate surface area is 176 Å². The van der Waals surface area contributed by atoms with Crippen LogP contribution in [0.1, 0.15) is 15.9 Å². The van der Waals surface area contributed by atoms with Gasteiger partial charge in [0.1, 0.15) is 10.8 Å². The number of pyridine rings is 1. The van der Waals surface area contributed by atoms with Gasteiger partial charge in [-0.05, 0) is 42.0 Å². The van der Waals surface area contributed by atoms with E-state index in [0.29, 0.717) is 11.7 Å². The molecule has 7 nitrogen and oxygen atoms in total. The summed E-state index contributed by atoms with van der Waals surface area (Å²) in [7, 11) is 0. The van der Waals surface area contributed by atoms with E-state index in [-0.39, 0.29) is 5.56 Å². The van der Waals surface area contributed by atoms with Crippen LogP contribution in [-0.2, 0) is 6.54 Å². The summed E-state index contributed by atoms with van der Waals surface area (Å²) in [5.41, 5.74) is 10.2. The summed E-state index contributed by atoms with van der Waals surface area (Å²) in [6.45, 7) is 0.518. The minimum Gasteiger partial charge on any atom is -0.478 e. The number of H-pyrrole nitrogens is 2. The molecule has 5 rings (SSSR count). The Morgan fingerprint density at radius 1 is 1.07 bits per heavy atom. The van der Waals surface area contributed by atoms with Gasteiger partial charge in [0.2, 0.25) is 0 Å². The number of nitrogens with two attached hydrogens (primary N) is 1. The van der Waals surface area contributed by atoms with Crippen molar-refractivity contribution in [3.63, 3.8) is 0 Å². The molecule has 0 atom stereocenters. The van der Waals surface area contributed by atoms with Crippen molar-refractivity contribution in [1.29, 1.82) is 0 Å². The maximum atomic E-state index is 11.0. The number of aromatic nitrogens is 4. The Morgan fingerprint density at radius 3 is 2.63 bits per heavy atom. The molecule has 0 amide bonds. The van der Waals surface area contributed by atoms with E-state index in [9.17, 15) is 4.79 Å². The zero-order chi connectivity index (χ0) is 21.1. The van der Waals surface area contributed by atoms with Gasteiger partial charge in [-0.3, -0.25) is 5.10 Å². The predicted octanol–water partition coefficient (Wildman–Crippen LogP) is 4.60. The molecule has 0 unspecified atom stereocenters. The van der Waals surface area contributed by atoms with Crippen LogP contribution < -0.4 is 5.73 Å². The first kappa shape index (κ1) is 19.6. The normalized spacial score (nSPS) is 10.7. The van der Waals surface area contributed by atoms with E-state index in [4.69, 9.17) is 22.4 Å². The van der Waals surface area contributed by atoms with Crippen LogP contribution in [0.5, 0.6) is 0 Å². The molecule has 3 heterocycles. The molecule has 5 aromatic rings. The molecule has 0 aliphatic heterocycles. The molecule has 2 aromatic carbocycles. The fourth-order valence-corrected chi connectivity index (χ4v) is 3.20. The Balaban J connectivity index is 0.000000204. The number of aromatic amines is 2. The molecule has 0 saturated carbocycles. The second-order valence-corrected chi connectivity index (χ2v) is 6.99. The fraction of sp³-hybridized carbons (Fsp3) is 0.0455. The lowest BCUT2D eigenvalue weighted by molar-refractivity contribution is 0.0697. The van der Waals surface area contributed by atoms with Crippen LogP contribution in [0.25, 0.3) is 33.2 Å². The molecule has 5 N–H and O–H groups in total. The van der Waals surface area contributed by atoms with Crippen molar-refractivity contribution < 1.29 is 9.90 Å². The average Bonchev–Trinajstić information content (AvgIpc) is 3.38. The minimum atomic E-state index is -0.926. The number of para-hydroxylation sites is 1. The quantitative estimate of drug-likeness (QED) is 0.318. The number of nitrogens with one attached hydrogen (secondary N) is 2. The largest absolute Gasteiger partial charge is 0.478 e. The highest BCUT2D eigenvalue weighted by molar-refractivity contribution is 6.29. The molecule has 0 bridgehead atoms. The molecule has 30 heavy (non-hydrogen) atoms. The topological polar surface area (TPSA) is 121 Å². The second kappa shape index (κ2) is 8.36. The van der Waals surface area contributed by atoms with E-state index < -0.39 is 5.97 Å². The zero-order valence-corrected chi connectivity index (χ0v) is 16.5. The van der Waals surface area contributed by atoms with Gasteiger partial charge in [-0.25, -0.2) is 9.78 Å². The van der Waals surface area contributed by atoms with Crippen molar-refractivity contribution in [3.8, 4) is 11.4 Å². The van der Waals surface area contributed by atoms with Crippen molar-refractivity contribution in [1.82, 2.24) is 20.2 Å². The minimum absolute atomic E-state index is 0.278. The van der Waals surface area contributed by atoms with Gasteiger partial charge in [0.25, 0.3) is 0 Å². The van der Waals surface area contributed by atoms with Crippen LogP contribution in [0, 0.1) is 0 Å². The van der Waals surface area contributed by atoms with Crippen molar-refractivity contribution in [3.05, 3.63) is 83.1 Å². The van der Waals surface area contributed by atoms with Crippen LogP contribution in [0.4, 0.5) is 0 Å². The van der Waals surface area contributed by atoms with Gasteiger partial charge in [0.15, 0.2) is 0 Å². The number of hydrogen-bond acceptors (Lipinski definition) is 4.